The summed E-state index contributed by atoms with van der Waals surface area (Å²) in [6.07, 6.45) is 9.40. The molecule has 3 aromatic rings. The summed E-state index contributed by atoms with van der Waals surface area (Å²) in [5, 5.41) is 8.82. The third-order valence-electron chi connectivity index (χ3n) is 6.49. The highest BCUT2D eigenvalue weighted by molar-refractivity contribution is 7.13. The average Bonchev–Trinajstić information content (AvgIpc) is 3.53. The van der Waals surface area contributed by atoms with Gasteiger partial charge in [0.05, 0.1) is 17.5 Å². The topological polar surface area (TPSA) is 71.1 Å². The number of likely N-dealkylation sites (tertiary alicyclic amines) is 1. The minimum absolute atomic E-state index is 0.129. The van der Waals surface area contributed by atoms with Crippen molar-refractivity contribution in [1.82, 2.24) is 20.1 Å². The van der Waals surface area contributed by atoms with Gasteiger partial charge in [-0.15, -0.1) is 11.3 Å². The second-order valence-corrected chi connectivity index (χ2v) is 9.12. The van der Waals surface area contributed by atoms with Crippen LogP contribution in [-0.2, 0) is 10.3 Å². The molecule has 0 bridgehead atoms. The van der Waals surface area contributed by atoms with Crippen molar-refractivity contribution in [3.05, 3.63) is 59.5 Å². The van der Waals surface area contributed by atoms with Crippen molar-refractivity contribution in [3.8, 4) is 10.4 Å². The number of hydrogen-bond donors (Lipinski definition) is 1. The molecule has 6 nitrogen and oxygen atoms in total. The van der Waals surface area contributed by atoms with Crippen LogP contribution in [0.1, 0.15) is 48.7 Å². The fourth-order valence-corrected chi connectivity index (χ4v) is 6.07. The van der Waals surface area contributed by atoms with Crippen LogP contribution in [0.15, 0.2) is 48.2 Å². The molecule has 3 atom stereocenters. The van der Waals surface area contributed by atoms with Gasteiger partial charge in [0, 0.05) is 53.8 Å². The molecule has 1 amide bonds. The van der Waals surface area contributed by atoms with Gasteiger partial charge in [-0.25, -0.2) is 0 Å². The highest BCUT2D eigenvalue weighted by Gasteiger charge is 2.52. The number of carbonyl (C=O) groups is 1. The summed E-state index contributed by atoms with van der Waals surface area (Å²) in [6.45, 7) is 3.49. The fraction of sp³-hybridized carbons (Fsp3) is 0.435. The Kier molecular flexibility index (Phi) is 5.16. The Bertz CT molecular complexity index is 1000. The second kappa shape index (κ2) is 7.96. The first-order valence-electron chi connectivity index (χ1n) is 10.6. The number of piperidine rings is 1. The van der Waals surface area contributed by atoms with Crippen LogP contribution in [0.25, 0.3) is 10.4 Å². The number of pyridine rings is 1. The van der Waals surface area contributed by atoms with Crippen LogP contribution in [-0.4, -0.2) is 45.2 Å². The monoisotopic (exact) mass is 422 g/mol. The van der Waals surface area contributed by atoms with E-state index in [9.17, 15) is 4.79 Å². The van der Waals surface area contributed by atoms with Gasteiger partial charge in [0.1, 0.15) is 5.60 Å². The third kappa shape index (κ3) is 3.36. The maximum atomic E-state index is 13.5. The summed E-state index contributed by atoms with van der Waals surface area (Å²) in [5.74, 6) is 0.576. The molecule has 0 aromatic carbocycles. The van der Waals surface area contributed by atoms with Crippen molar-refractivity contribution in [3.63, 3.8) is 0 Å². The lowest BCUT2D eigenvalue weighted by Crippen LogP contribution is -2.46. The van der Waals surface area contributed by atoms with Gasteiger partial charge in [0.2, 0.25) is 0 Å². The molecule has 1 saturated heterocycles. The normalized spacial score (nSPS) is 26.0. The Morgan fingerprint density at radius 2 is 2.33 bits per heavy atom. The maximum Gasteiger partial charge on any atom is 0.254 e. The van der Waals surface area contributed by atoms with Crippen LogP contribution < -0.4 is 0 Å². The first kappa shape index (κ1) is 19.5. The summed E-state index contributed by atoms with van der Waals surface area (Å²) >= 11 is 1.59. The molecule has 5 rings (SSSR count). The van der Waals surface area contributed by atoms with Crippen LogP contribution in [0, 0.1) is 5.92 Å². The van der Waals surface area contributed by atoms with Gasteiger partial charge >= 0.3 is 0 Å². The summed E-state index contributed by atoms with van der Waals surface area (Å²) in [5.41, 5.74) is 2.38. The predicted octanol–water partition coefficient (Wildman–Crippen LogP) is 4.48. The summed E-state index contributed by atoms with van der Waals surface area (Å²) in [4.78, 5) is 21.3. The zero-order valence-electron chi connectivity index (χ0n) is 17.1. The molecule has 3 unspecified atom stereocenters. The third-order valence-corrected chi connectivity index (χ3v) is 7.47. The quantitative estimate of drug-likeness (QED) is 0.658. The number of aromatic amines is 1. The fourth-order valence-electron chi connectivity index (χ4n) is 5.21. The predicted molar refractivity (Wildman–Crippen MR) is 116 cm³/mol. The van der Waals surface area contributed by atoms with Crippen molar-refractivity contribution in [2.45, 2.75) is 44.2 Å². The van der Waals surface area contributed by atoms with Crippen molar-refractivity contribution in [1.29, 1.82) is 0 Å². The minimum atomic E-state index is -0.398. The van der Waals surface area contributed by atoms with Gasteiger partial charge in [-0.3, -0.25) is 14.9 Å². The number of rotatable bonds is 5. The molecule has 30 heavy (non-hydrogen) atoms. The number of ether oxygens (including phenoxy) is 1. The maximum absolute atomic E-state index is 13.5. The summed E-state index contributed by atoms with van der Waals surface area (Å²) in [6, 6.07) is 8.21. The van der Waals surface area contributed by atoms with Gasteiger partial charge in [0.15, 0.2) is 0 Å². The molecular weight excluding hydrogens is 396 g/mol. The van der Waals surface area contributed by atoms with Crippen molar-refractivity contribution >= 4 is 17.2 Å². The number of fused-ring (bicyclic) bond motifs is 1. The van der Waals surface area contributed by atoms with Crippen LogP contribution in [0.3, 0.4) is 0 Å². The largest absolute Gasteiger partial charge is 0.369 e. The zero-order valence-corrected chi connectivity index (χ0v) is 17.9. The molecule has 1 aliphatic heterocycles. The highest BCUT2D eigenvalue weighted by Crippen LogP contribution is 2.50. The van der Waals surface area contributed by atoms with Crippen LogP contribution in [0.2, 0.25) is 0 Å². The van der Waals surface area contributed by atoms with Crippen LogP contribution >= 0.6 is 11.3 Å². The summed E-state index contributed by atoms with van der Waals surface area (Å²) < 4.78 is 6.35. The average molecular weight is 423 g/mol. The van der Waals surface area contributed by atoms with E-state index >= 15 is 0 Å². The molecule has 2 aliphatic rings. The Balaban J connectivity index is 1.41. The van der Waals surface area contributed by atoms with Crippen LogP contribution in [0.4, 0.5) is 0 Å². The lowest BCUT2D eigenvalue weighted by Gasteiger charge is -2.37. The van der Waals surface area contributed by atoms with Gasteiger partial charge in [-0.2, -0.15) is 5.10 Å². The lowest BCUT2D eigenvalue weighted by molar-refractivity contribution is -0.0473. The highest BCUT2D eigenvalue weighted by atomic mass is 32.1. The van der Waals surface area contributed by atoms with Crippen LogP contribution in [0.5, 0.6) is 0 Å². The number of nitrogens with zero attached hydrogens (tertiary/aromatic N) is 3. The molecule has 1 aliphatic carbocycles. The number of nitrogens with one attached hydrogen (secondary N) is 1. The first-order valence-corrected chi connectivity index (χ1v) is 11.5. The van der Waals surface area contributed by atoms with E-state index in [1.165, 1.54) is 0 Å². The standard InChI is InChI=1S/C23H26N4O2S/c1-2-29-23(21-7-3-4-8-24-21)11-16-6-5-9-27(19(16)12-23)22(28)17-10-20(30-15-17)18-13-25-26-14-18/h3-4,7-8,10,13-16,19H,2,5-6,9,11-12H2,1H3,(H,25,26). The second-order valence-electron chi connectivity index (χ2n) is 8.21. The molecule has 2 fully saturated rings. The van der Waals surface area contributed by atoms with Gasteiger partial charge in [-0.05, 0) is 50.3 Å². The van der Waals surface area contributed by atoms with Gasteiger partial charge in [0.25, 0.3) is 5.91 Å². The Labute approximate surface area is 180 Å². The van der Waals surface area contributed by atoms with E-state index in [1.54, 1.807) is 17.5 Å². The minimum Gasteiger partial charge on any atom is -0.369 e. The molecule has 7 heteroatoms. The Morgan fingerprint density at radius 1 is 1.40 bits per heavy atom. The van der Waals surface area contributed by atoms with Gasteiger partial charge in [-0.1, -0.05) is 6.07 Å². The van der Waals surface area contributed by atoms with E-state index in [-0.39, 0.29) is 11.9 Å². The number of amides is 1. The Morgan fingerprint density at radius 3 is 3.10 bits per heavy atom. The molecule has 4 heterocycles. The molecule has 0 radical (unpaired) electrons. The molecule has 1 saturated carbocycles. The number of thiophene rings is 1. The van der Waals surface area contributed by atoms with Crippen molar-refractivity contribution < 1.29 is 9.53 Å². The molecular formula is C23H26N4O2S. The number of hydrogen-bond acceptors (Lipinski definition) is 5. The zero-order chi connectivity index (χ0) is 20.6. The smallest absolute Gasteiger partial charge is 0.254 e. The van der Waals surface area contributed by atoms with E-state index in [2.05, 4.69) is 26.1 Å². The lowest BCUT2D eigenvalue weighted by atomic mass is 9.90. The molecule has 0 spiro atoms. The van der Waals surface area contributed by atoms with E-state index in [0.29, 0.717) is 12.5 Å². The number of aromatic nitrogens is 3. The molecule has 1 N–H and O–H groups in total. The van der Waals surface area contributed by atoms with E-state index in [1.807, 2.05) is 42.9 Å². The summed E-state index contributed by atoms with van der Waals surface area (Å²) in [7, 11) is 0. The Hall–Kier alpha value is -2.51. The van der Waals surface area contributed by atoms with Crippen molar-refractivity contribution in [2.24, 2.45) is 5.92 Å². The van der Waals surface area contributed by atoms with Gasteiger partial charge < -0.3 is 9.64 Å². The SMILES string of the molecule is CCOC1(c2ccccn2)CC2CCCN(C(=O)c3csc(-c4cn[nH]c4)c3)C2C1. The van der Waals surface area contributed by atoms with Crippen molar-refractivity contribution in [2.75, 3.05) is 13.2 Å². The number of carbonyl (C=O) groups excluding carboxylic acids is 1. The number of H-pyrrole nitrogens is 1. The van der Waals surface area contributed by atoms with E-state index < -0.39 is 5.60 Å². The molecule has 3 aromatic heterocycles. The van der Waals surface area contributed by atoms with E-state index in [0.717, 1.165) is 53.9 Å². The van der Waals surface area contributed by atoms with E-state index in [4.69, 9.17) is 4.74 Å². The molecule has 156 valence electrons. The first-order chi connectivity index (χ1) is 14.7.